The molecule has 8 nitrogen and oxygen atoms in total. The molecule has 48 heavy (non-hydrogen) atoms. The molecule has 2 aliphatic rings. The predicted molar refractivity (Wildman–Crippen MR) is 204 cm³/mol. The number of carbonyl (C=O) groups excluding carboxylic acids is 1. The maximum Gasteiger partial charge on any atom is 0.212 e. The van der Waals surface area contributed by atoms with Crippen molar-refractivity contribution in [3.63, 3.8) is 0 Å². The monoisotopic (exact) mass is 654 g/mol. The number of likely N-dealkylation sites (N-methyl/N-ethyl adjacent to an activating group) is 1. The number of allylic oxidation sites excluding steroid dienone is 2. The van der Waals surface area contributed by atoms with Gasteiger partial charge in [-0.25, -0.2) is 4.99 Å². The van der Waals surface area contributed by atoms with Gasteiger partial charge in [0, 0.05) is 72.8 Å². The van der Waals surface area contributed by atoms with Gasteiger partial charge in [0.05, 0.1) is 5.69 Å². The van der Waals surface area contributed by atoms with Crippen LogP contribution in [-0.4, -0.2) is 79.5 Å². The molecule has 3 unspecified atom stereocenters. The van der Waals surface area contributed by atoms with E-state index >= 15 is 0 Å². The first-order valence-corrected chi connectivity index (χ1v) is 17.8. The van der Waals surface area contributed by atoms with Gasteiger partial charge in [-0.2, -0.15) is 0 Å². The number of hydrogen-bond donors (Lipinski definition) is 2. The number of ketones is 1. The van der Waals surface area contributed by atoms with E-state index < -0.39 is 12.1 Å². The lowest BCUT2D eigenvalue weighted by Gasteiger charge is -2.36. The SMILES string of the molecule is CCN(c1ccc(N=C2C=C(Nc3ccc(N(CC)C(C)C)cc3)C(NC3=CCC(N(CC)C(C)C)C=C3)C(OC)C2=O)cc1)C(C)C. The quantitative estimate of drug-likeness (QED) is 0.204. The third-order valence-corrected chi connectivity index (χ3v) is 9.40. The highest BCUT2D eigenvalue weighted by Gasteiger charge is 2.38. The van der Waals surface area contributed by atoms with Gasteiger partial charge in [-0.05, 0) is 129 Å². The normalized spacial score (nSPS) is 20.5. The number of carbonyl (C=O) groups is 1. The van der Waals surface area contributed by atoms with E-state index in [0.717, 1.165) is 54.5 Å². The lowest BCUT2D eigenvalue weighted by atomic mass is 9.91. The smallest absolute Gasteiger partial charge is 0.212 e. The second kappa shape index (κ2) is 17.0. The van der Waals surface area contributed by atoms with Gasteiger partial charge in [-0.15, -0.1) is 0 Å². The van der Waals surface area contributed by atoms with Crippen LogP contribution < -0.4 is 20.4 Å². The van der Waals surface area contributed by atoms with E-state index in [0.29, 0.717) is 29.9 Å². The lowest BCUT2D eigenvalue weighted by molar-refractivity contribution is -0.123. The van der Waals surface area contributed by atoms with Crippen LogP contribution in [0.5, 0.6) is 0 Å². The topological polar surface area (TPSA) is 72.4 Å². The van der Waals surface area contributed by atoms with Crippen molar-refractivity contribution in [1.82, 2.24) is 10.2 Å². The molecule has 0 heterocycles. The molecule has 2 aromatic rings. The summed E-state index contributed by atoms with van der Waals surface area (Å²) in [5, 5.41) is 7.28. The zero-order chi connectivity index (χ0) is 35.0. The maximum absolute atomic E-state index is 14.0. The Kier molecular flexibility index (Phi) is 13.1. The molecule has 0 aromatic heterocycles. The number of aliphatic imine (C=N–C) groups is 1. The van der Waals surface area contributed by atoms with Crippen LogP contribution in [0.1, 0.15) is 68.7 Å². The summed E-state index contributed by atoms with van der Waals surface area (Å²) in [5.74, 6) is -0.150. The fourth-order valence-electron chi connectivity index (χ4n) is 6.94. The molecule has 4 rings (SSSR count). The van der Waals surface area contributed by atoms with Gasteiger partial charge in [0.1, 0.15) is 17.9 Å². The average Bonchev–Trinajstić information content (AvgIpc) is 3.06. The first-order chi connectivity index (χ1) is 23.0. The van der Waals surface area contributed by atoms with Crippen molar-refractivity contribution in [2.45, 2.75) is 105 Å². The minimum Gasteiger partial charge on any atom is -0.374 e. The summed E-state index contributed by atoms with van der Waals surface area (Å²) < 4.78 is 5.94. The van der Waals surface area contributed by atoms with E-state index in [1.807, 2.05) is 18.2 Å². The van der Waals surface area contributed by atoms with Crippen molar-refractivity contribution < 1.29 is 9.53 Å². The molecule has 0 radical (unpaired) electrons. The molecule has 260 valence electrons. The Bertz CT molecular complexity index is 1470. The zero-order valence-electron chi connectivity index (χ0n) is 30.8. The minimum absolute atomic E-state index is 0.150. The molecule has 0 saturated carbocycles. The van der Waals surface area contributed by atoms with Gasteiger partial charge >= 0.3 is 0 Å². The Morgan fingerprint density at radius 2 is 1.42 bits per heavy atom. The van der Waals surface area contributed by atoms with Crippen molar-refractivity contribution >= 4 is 34.2 Å². The highest BCUT2D eigenvalue weighted by Crippen LogP contribution is 2.28. The molecule has 8 heteroatoms. The van der Waals surface area contributed by atoms with Crippen LogP contribution in [0.4, 0.5) is 22.7 Å². The standard InChI is InChI=1S/C40H58N6O2/c1-11-44(27(4)5)33-20-14-30(15-21-33)41-36-26-37(42-31-16-22-34(23-17-31)45(12-2)28(6)7)39(47)40(48-10)38(36)43-32-18-24-35(25-19-32)46(13-3)29(8)9/h14-24,26-29,35,38,40-41,43H,11-13,25H2,1-10H3. The summed E-state index contributed by atoms with van der Waals surface area (Å²) >= 11 is 0. The number of ether oxygens (including phenoxy) is 1. The summed E-state index contributed by atoms with van der Waals surface area (Å²) in [6.45, 7) is 22.7. The van der Waals surface area contributed by atoms with Crippen LogP contribution in [0.25, 0.3) is 0 Å². The molecular formula is C40H58N6O2. The van der Waals surface area contributed by atoms with Crippen molar-refractivity contribution in [3.8, 4) is 0 Å². The lowest BCUT2D eigenvalue weighted by Crippen LogP contribution is -2.52. The van der Waals surface area contributed by atoms with Crippen molar-refractivity contribution in [2.75, 3.05) is 41.9 Å². The van der Waals surface area contributed by atoms with Gasteiger partial charge in [-0.1, -0.05) is 19.1 Å². The molecule has 0 aliphatic heterocycles. The molecule has 0 saturated heterocycles. The van der Waals surface area contributed by atoms with Gasteiger partial charge in [0.25, 0.3) is 0 Å². The molecule has 2 aliphatic carbocycles. The Hall–Kier alpha value is -3.88. The Morgan fingerprint density at radius 3 is 1.88 bits per heavy atom. The predicted octanol–water partition coefficient (Wildman–Crippen LogP) is 7.72. The highest BCUT2D eigenvalue weighted by molar-refractivity contribution is 6.47. The van der Waals surface area contributed by atoms with Crippen molar-refractivity contribution in [1.29, 1.82) is 0 Å². The highest BCUT2D eigenvalue weighted by atomic mass is 16.5. The average molecular weight is 655 g/mol. The van der Waals surface area contributed by atoms with E-state index in [-0.39, 0.29) is 5.78 Å². The number of Topliss-reactive ketones (excluding diaryl/α,β-unsaturated/α-hetero) is 1. The third-order valence-electron chi connectivity index (χ3n) is 9.40. The van der Waals surface area contributed by atoms with Gasteiger partial charge in [0.2, 0.25) is 5.78 Å². The summed E-state index contributed by atoms with van der Waals surface area (Å²) in [7, 11) is 1.60. The Labute approximate surface area is 289 Å². The van der Waals surface area contributed by atoms with Crippen LogP contribution in [0.2, 0.25) is 0 Å². The Morgan fingerprint density at radius 1 is 0.833 bits per heavy atom. The molecule has 2 N–H and O–H groups in total. The van der Waals surface area contributed by atoms with E-state index in [1.165, 1.54) is 5.69 Å². The first kappa shape index (κ1) is 36.9. The van der Waals surface area contributed by atoms with E-state index in [1.54, 1.807) is 7.11 Å². The Balaban J connectivity index is 1.68. The third kappa shape index (κ3) is 8.77. The van der Waals surface area contributed by atoms with E-state index in [4.69, 9.17) is 9.73 Å². The minimum atomic E-state index is -0.766. The van der Waals surface area contributed by atoms with E-state index in [2.05, 4.69) is 142 Å². The number of benzene rings is 2. The number of nitrogens with zero attached hydrogens (tertiary/aromatic N) is 4. The van der Waals surface area contributed by atoms with Crippen LogP contribution >= 0.6 is 0 Å². The number of anilines is 3. The molecule has 3 atom stereocenters. The molecule has 0 fully saturated rings. The summed E-state index contributed by atoms with van der Waals surface area (Å²) in [6.07, 6.45) is 8.64. The fraction of sp³-hybridized carbons (Fsp3) is 0.500. The number of methoxy groups -OCH3 is 1. The largest absolute Gasteiger partial charge is 0.374 e. The van der Waals surface area contributed by atoms with Crippen LogP contribution in [0, 0.1) is 0 Å². The molecule has 2 aromatic carbocycles. The number of rotatable bonds is 15. The van der Waals surface area contributed by atoms with Gasteiger partial charge in [0.15, 0.2) is 0 Å². The van der Waals surface area contributed by atoms with Gasteiger partial charge < -0.3 is 25.2 Å². The second-order valence-corrected chi connectivity index (χ2v) is 13.4. The summed E-state index contributed by atoms with van der Waals surface area (Å²) in [6, 6.07) is 17.7. The van der Waals surface area contributed by atoms with Crippen LogP contribution in [0.15, 0.2) is 89.2 Å². The van der Waals surface area contributed by atoms with Gasteiger partial charge in [-0.3, -0.25) is 9.69 Å². The first-order valence-electron chi connectivity index (χ1n) is 17.8. The summed E-state index contributed by atoms with van der Waals surface area (Å²) in [5.41, 5.74) is 6.14. The molecular weight excluding hydrogens is 596 g/mol. The van der Waals surface area contributed by atoms with Crippen LogP contribution in [0.3, 0.4) is 0 Å². The number of hydrogen-bond acceptors (Lipinski definition) is 8. The molecule has 0 amide bonds. The second-order valence-electron chi connectivity index (χ2n) is 13.4. The van der Waals surface area contributed by atoms with Crippen LogP contribution in [-0.2, 0) is 9.53 Å². The van der Waals surface area contributed by atoms with Crippen molar-refractivity contribution in [3.05, 3.63) is 84.2 Å². The maximum atomic E-state index is 14.0. The zero-order valence-corrected chi connectivity index (χ0v) is 30.8. The summed E-state index contributed by atoms with van der Waals surface area (Å²) in [4.78, 5) is 26.0. The van der Waals surface area contributed by atoms with E-state index in [9.17, 15) is 4.79 Å². The molecule has 0 spiro atoms. The molecule has 0 bridgehead atoms. The number of nitrogens with one attached hydrogen (secondary N) is 2. The fourth-order valence-corrected chi connectivity index (χ4v) is 6.94. The van der Waals surface area contributed by atoms with Crippen molar-refractivity contribution in [2.24, 2.45) is 4.99 Å².